The fourth-order valence-corrected chi connectivity index (χ4v) is 3.77. The highest BCUT2D eigenvalue weighted by Crippen LogP contribution is 2.38. The zero-order chi connectivity index (χ0) is 24.6. The summed E-state index contributed by atoms with van der Waals surface area (Å²) in [5.74, 6) is -2.05. The van der Waals surface area contributed by atoms with Crippen molar-refractivity contribution in [2.24, 2.45) is 5.73 Å². The number of benzene rings is 1. The van der Waals surface area contributed by atoms with Gasteiger partial charge in [-0.15, -0.1) is 0 Å². The van der Waals surface area contributed by atoms with Gasteiger partial charge < -0.3 is 15.4 Å². The van der Waals surface area contributed by atoms with Crippen LogP contribution in [0.15, 0.2) is 36.5 Å². The van der Waals surface area contributed by atoms with Crippen LogP contribution in [0.5, 0.6) is 5.88 Å². The Morgan fingerprint density at radius 3 is 2.59 bits per heavy atom. The van der Waals surface area contributed by atoms with Crippen LogP contribution in [0.1, 0.15) is 28.2 Å². The lowest BCUT2D eigenvalue weighted by Gasteiger charge is -2.18. The number of carbonyl (C=O) groups excluding carboxylic acids is 1. The fraction of sp³-hybridized carbons (Fsp3) is 0.273. The lowest BCUT2D eigenvalue weighted by molar-refractivity contribution is -0.142. The van der Waals surface area contributed by atoms with E-state index >= 15 is 0 Å². The minimum atomic E-state index is -5.00. The Kier molecular flexibility index (Phi) is 5.97. The highest BCUT2D eigenvalue weighted by molar-refractivity contribution is 5.95. The average molecular weight is 474 g/mol. The van der Waals surface area contributed by atoms with E-state index in [9.17, 15) is 22.4 Å². The third kappa shape index (κ3) is 4.17. The maximum absolute atomic E-state index is 14.4. The Balaban J connectivity index is 1.99. The van der Waals surface area contributed by atoms with Crippen molar-refractivity contribution in [1.29, 1.82) is 5.26 Å². The molecule has 176 valence electrons. The van der Waals surface area contributed by atoms with Gasteiger partial charge in [0.2, 0.25) is 5.88 Å². The van der Waals surface area contributed by atoms with Crippen molar-refractivity contribution in [2.45, 2.75) is 18.6 Å². The normalized spacial score (nSPS) is 15.9. The maximum atomic E-state index is 14.4. The molecule has 0 spiro atoms. The molecule has 1 fully saturated rings. The van der Waals surface area contributed by atoms with Gasteiger partial charge in [0.05, 0.1) is 24.6 Å². The number of methoxy groups -OCH3 is 1. The first-order valence-electron chi connectivity index (χ1n) is 10.1. The molecule has 0 unspecified atom stereocenters. The van der Waals surface area contributed by atoms with Crippen molar-refractivity contribution < 1.29 is 27.1 Å². The molecule has 2 N–H and O–H groups in total. The second-order valence-electron chi connectivity index (χ2n) is 7.63. The van der Waals surface area contributed by atoms with Gasteiger partial charge in [0.1, 0.15) is 17.7 Å². The minimum Gasteiger partial charge on any atom is -0.481 e. The van der Waals surface area contributed by atoms with Gasteiger partial charge in [0.25, 0.3) is 5.91 Å². The molecule has 4 rings (SSSR count). The van der Waals surface area contributed by atoms with Crippen LogP contribution in [0.4, 0.5) is 17.6 Å². The number of imidazole rings is 1. The summed E-state index contributed by atoms with van der Waals surface area (Å²) in [5.41, 5.74) is 3.24. The second-order valence-corrected chi connectivity index (χ2v) is 7.63. The van der Waals surface area contributed by atoms with Gasteiger partial charge in [-0.05, 0) is 30.7 Å². The molecule has 3 aromatic rings. The lowest BCUT2D eigenvalue weighted by Crippen LogP contribution is -2.33. The number of pyridine rings is 1. The van der Waals surface area contributed by atoms with Gasteiger partial charge in [0, 0.05) is 30.8 Å². The van der Waals surface area contributed by atoms with Gasteiger partial charge in [0.15, 0.2) is 11.4 Å². The summed E-state index contributed by atoms with van der Waals surface area (Å²) in [6.45, 7) is 0.281. The maximum Gasteiger partial charge on any atom is 0.434 e. The monoisotopic (exact) mass is 474 g/mol. The second kappa shape index (κ2) is 8.75. The predicted octanol–water partition coefficient (Wildman–Crippen LogP) is 3.15. The van der Waals surface area contributed by atoms with Crippen LogP contribution in [-0.4, -0.2) is 51.6 Å². The standard InChI is InChI=1S/C22H18F4N6O2/c1-34-17-5-4-15(10-29-17)32-19(22(24,25)26)18(21(33)31-7-6-14(28)11-31)30-20(32)12-2-3-13(9-27)16(23)8-12/h2-5,8,10,14H,6-7,11,28H2,1H3/t14-/m0/s1. The van der Waals surface area contributed by atoms with Gasteiger partial charge in [-0.2, -0.15) is 18.4 Å². The molecule has 0 radical (unpaired) electrons. The molecule has 34 heavy (non-hydrogen) atoms. The fourth-order valence-electron chi connectivity index (χ4n) is 3.77. The summed E-state index contributed by atoms with van der Waals surface area (Å²) in [4.78, 5) is 22.3. The van der Waals surface area contributed by atoms with Crippen LogP contribution >= 0.6 is 0 Å². The van der Waals surface area contributed by atoms with Crippen molar-refractivity contribution in [3.05, 3.63) is 59.3 Å². The topological polar surface area (TPSA) is 110 Å². The van der Waals surface area contributed by atoms with Crippen molar-refractivity contribution in [3.8, 4) is 29.0 Å². The third-order valence-corrected chi connectivity index (χ3v) is 5.40. The highest BCUT2D eigenvalue weighted by Gasteiger charge is 2.44. The molecule has 1 amide bonds. The van der Waals surface area contributed by atoms with Gasteiger partial charge in [-0.3, -0.25) is 9.36 Å². The zero-order valence-electron chi connectivity index (χ0n) is 17.8. The van der Waals surface area contributed by atoms with E-state index in [-0.39, 0.29) is 47.7 Å². The Hall–Kier alpha value is -3.98. The molecule has 0 aliphatic carbocycles. The number of amides is 1. The summed E-state index contributed by atoms with van der Waals surface area (Å²) in [6, 6.07) is 7.25. The van der Waals surface area contributed by atoms with Crippen LogP contribution in [0, 0.1) is 17.1 Å². The molecule has 3 heterocycles. The molecule has 0 saturated carbocycles. The predicted molar refractivity (Wildman–Crippen MR) is 112 cm³/mol. The summed E-state index contributed by atoms with van der Waals surface area (Å²) in [5, 5.41) is 8.99. The zero-order valence-corrected chi connectivity index (χ0v) is 17.8. The lowest BCUT2D eigenvalue weighted by atomic mass is 10.1. The molecule has 1 atom stereocenters. The van der Waals surface area contributed by atoms with E-state index in [1.807, 2.05) is 0 Å². The van der Waals surface area contributed by atoms with Crippen molar-refractivity contribution in [2.75, 3.05) is 20.2 Å². The molecule has 12 heteroatoms. The average Bonchev–Trinajstić information content (AvgIpc) is 3.43. The number of carbonyl (C=O) groups is 1. The van der Waals surface area contributed by atoms with Crippen LogP contribution in [-0.2, 0) is 6.18 Å². The number of aromatic nitrogens is 3. The number of nitrogens with zero attached hydrogens (tertiary/aromatic N) is 5. The quantitative estimate of drug-likeness (QED) is 0.582. The Morgan fingerprint density at radius 1 is 1.29 bits per heavy atom. The van der Waals surface area contributed by atoms with Crippen LogP contribution in [0.25, 0.3) is 17.1 Å². The molecule has 1 saturated heterocycles. The first kappa shape index (κ1) is 23.2. The van der Waals surface area contributed by atoms with Gasteiger partial charge >= 0.3 is 6.18 Å². The molecule has 2 aromatic heterocycles. The Labute approximate surface area is 191 Å². The van der Waals surface area contributed by atoms with E-state index < -0.39 is 29.3 Å². The highest BCUT2D eigenvalue weighted by atomic mass is 19.4. The number of halogens is 4. The summed E-state index contributed by atoms with van der Waals surface area (Å²) in [7, 11) is 1.35. The number of rotatable bonds is 4. The Morgan fingerprint density at radius 2 is 2.06 bits per heavy atom. The van der Waals surface area contributed by atoms with E-state index in [4.69, 9.17) is 15.7 Å². The SMILES string of the molecule is COc1ccc(-n2c(-c3ccc(C#N)c(F)c3)nc(C(=O)N3CC[C@H](N)C3)c2C(F)(F)F)cn1. The van der Waals surface area contributed by atoms with Crippen molar-refractivity contribution in [1.82, 2.24) is 19.4 Å². The number of nitrogens with two attached hydrogens (primary N) is 1. The molecule has 1 aliphatic rings. The minimum absolute atomic E-state index is 0.0602. The van der Waals surface area contributed by atoms with E-state index in [1.165, 1.54) is 30.2 Å². The van der Waals surface area contributed by atoms with Gasteiger partial charge in [-0.25, -0.2) is 14.4 Å². The molecular formula is C22H18F4N6O2. The molecule has 8 nitrogen and oxygen atoms in total. The number of likely N-dealkylation sites (tertiary alicyclic amines) is 1. The number of hydrogen-bond acceptors (Lipinski definition) is 6. The largest absolute Gasteiger partial charge is 0.481 e. The number of nitriles is 1. The van der Waals surface area contributed by atoms with Crippen LogP contribution in [0.2, 0.25) is 0 Å². The number of alkyl halides is 3. The van der Waals surface area contributed by atoms with E-state index in [0.29, 0.717) is 11.0 Å². The Bertz CT molecular complexity index is 1280. The molecule has 1 aromatic carbocycles. The van der Waals surface area contributed by atoms with Crippen LogP contribution in [0.3, 0.4) is 0 Å². The smallest absolute Gasteiger partial charge is 0.434 e. The number of ether oxygens (including phenoxy) is 1. The molecule has 0 bridgehead atoms. The van der Waals surface area contributed by atoms with E-state index in [2.05, 4.69) is 9.97 Å². The number of hydrogen-bond donors (Lipinski definition) is 1. The van der Waals surface area contributed by atoms with Gasteiger partial charge in [-0.1, -0.05) is 0 Å². The summed E-state index contributed by atoms with van der Waals surface area (Å²) >= 11 is 0. The van der Waals surface area contributed by atoms with E-state index in [0.717, 1.165) is 18.3 Å². The summed E-state index contributed by atoms with van der Waals surface area (Å²) < 4.78 is 63.1. The summed E-state index contributed by atoms with van der Waals surface area (Å²) in [6.07, 6.45) is -3.42. The van der Waals surface area contributed by atoms with Crippen molar-refractivity contribution in [3.63, 3.8) is 0 Å². The first-order valence-corrected chi connectivity index (χ1v) is 10.1. The third-order valence-electron chi connectivity index (χ3n) is 5.40. The first-order chi connectivity index (χ1) is 16.1. The van der Waals surface area contributed by atoms with Crippen LogP contribution < -0.4 is 10.5 Å². The molecular weight excluding hydrogens is 456 g/mol. The van der Waals surface area contributed by atoms with Crippen molar-refractivity contribution >= 4 is 5.91 Å². The van der Waals surface area contributed by atoms with E-state index in [1.54, 1.807) is 6.07 Å². The molecule has 1 aliphatic heterocycles.